The van der Waals surface area contributed by atoms with Crippen molar-refractivity contribution in [2.45, 2.75) is 38.9 Å². The van der Waals surface area contributed by atoms with Crippen molar-refractivity contribution >= 4 is 28.7 Å². The summed E-state index contributed by atoms with van der Waals surface area (Å²) in [6.07, 6.45) is 0.488. The molecular weight excluding hydrogens is 349 g/mol. The standard InChI is InChI=1S/C19H24FN5O2/c1-13(2)21-18-10-9-17(25(26)27)19(23-18)22-15-7-3-4-8-16(15)24-11-5-6-14(20)12-24/h3-4,7-10,13-14H,5-6,11-12H2,1-2H3,(H2,21,22,23). The largest absolute Gasteiger partial charge is 0.368 e. The van der Waals surface area contributed by atoms with Crippen LogP contribution in [-0.2, 0) is 0 Å². The van der Waals surface area contributed by atoms with Crippen LogP contribution in [0.25, 0.3) is 0 Å². The maximum Gasteiger partial charge on any atom is 0.311 e. The van der Waals surface area contributed by atoms with Crippen molar-refractivity contribution in [1.82, 2.24) is 4.98 Å². The lowest BCUT2D eigenvalue weighted by Gasteiger charge is -2.32. The molecule has 0 amide bonds. The van der Waals surface area contributed by atoms with E-state index in [0.717, 1.165) is 18.7 Å². The lowest BCUT2D eigenvalue weighted by atomic mass is 10.1. The van der Waals surface area contributed by atoms with Crippen LogP contribution in [-0.4, -0.2) is 35.2 Å². The summed E-state index contributed by atoms with van der Waals surface area (Å²) in [5.74, 6) is 0.712. The number of anilines is 4. The van der Waals surface area contributed by atoms with Gasteiger partial charge in [0.1, 0.15) is 12.0 Å². The van der Waals surface area contributed by atoms with Crippen molar-refractivity contribution in [3.63, 3.8) is 0 Å². The van der Waals surface area contributed by atoms with Crippen molar-refractivity contribution in [3.05, 3.63) is 46.5 Å². The topological polar surface area (TPSA) is 83.3 Å². The van der Waals surface area contributed by atoms with E-state index < -0.39 is 11.1 Å². The maximum atomic E-state index is 13.9. The van der Waals surface area contributed by atoms with Gasteiger partial charge in [-0.25, -0.2) is 9.37 Å². The molecule has 0 radical (unpaired) electrons. The fraction of sp³-hybridized carbons (Fsp3) is 0.421. The van der Waals surface area contributed by atoms with Crippen molar-refractivity contribution in [2.24, 2.45) is 0 Å². The predicted octanol–water partition coefficient (Wildman–Crippen LogP) is 4.49. The Bertz CT molecular complexity index is 814. The summed E-state index contributed by atoms with van der Waals surface area (Å²) in [5, 5.41) is 17.7. The van der Waals surface area contributed by atoms with E-state index in [9.17, 15) is 14.5 Å². The summed E-state index contributed by atoms with van der Waals surface area (Å²) in [6, 6.07) is 10.6. The van der Waals surface area contributed by atoms with Gasteiger partial charge in [0, 0.05) is 25.2 Å². The number of piperidine rings is 1. The van der Waals surface area contributed by atoms with Gasteiger partial charge in [0.25, 0.3) is 0 Å². The minimum Gasteiger partial charge on any atom is -0.368 e. The molecule has 3 rings (SSSR count). The SMILES string of the molecule is CC(C)Nc1ccc([N+](=O)[O-])c(Nc2ccccc2N2CCCC(F)C2)n1. The van der Waals surface area contributed by atoms with Crippen molar-refractivity contribution in [2.75, 3.05) is 28.6 Å². The Kier molecular flexibility index (Phi) is 5.73. The number of halogens is 1. The molecule has 1 aliphatic rings. The first-order chi connectivity index (χ1) is 12.9. The highest BCUT2D eigenvalue weighted by atomic mass is 19.1. The van der Waals surface area contributed by atoms with Crippen LogP contribution < -0.4 is 15.5 Å². The van der Waals surface area contributed by atoms with Gasteiger partial charge in [-0.1, -0.05) is 12.1 Å². The summed E-state index contributed by atoms with van der Waals surface area (Å²) >= 11 is 0. The maximum absolute atomic E-state index is 13.9. The monoisotopic (exact) mass is 373 g/mol. The number of nitrogens with zero attached hydrogens (tertiary/aromatic N) is 3. The molecule has 0 spiro atoms. The van der Waals surface area contributed by atoms with Gasteiger partial charge in [0.05, 0.1) is 16.3 Å². The highest BCUT2D eigenvalue weighted by Gasteiger charge is 2.23. The highest BCUT2D eigenvalue weighted by Crippen LogP contribution is 2.34. The lowest BCUT2D eigenvalue weighted by Crippen LogP contribution is -2.36. The van der Waals surface area contributed by atoms with Crippen LogP contribution in [0.1, 0.15) is 26.7 Å². The van der Waals surface area contributed by atoms with Gasteiger partial charge in [-0.3, -0.25) is 10.1 Å². The smallest absolute Gasteiger partial charge is 0.311 e. The molecule has 2 aromatic rings. The fourth-order valence-electron chi connectivity index (χ4n) is 3.19. The first-order valence-corrected chi connectivity index (χ1v) is 9.11. The molecule has 1 atom stereocenters. The molecule has 1 saturated heterocycles. The molecule has 8 heteroatoms. The van der Waals surface area contributed by atoms with E-state index >= 15 is 0 Å². The van der Waals surface area contributed by atoms with E-state index in [1.165, 1.54) is 6.07 Å². The number of pyridine rings is 1. The highest BCUT2D eigenvalue weighted by molar-refractivity contribution is 5.77. The minimum absolute atomic E-state index is 0.110. The van der Waals surface area contributed by atoms with Crippen LogP contribution in [0, 0.1) is 10.1 Å². The first kappa shape index (κ1) is 18.9. The van der Waals surface area contributed by atoms with Gasteiger partial charge in [0.2, 0.25) is 5.82 Å². The van der Waals surface area contributed by atoms with E-state index in [1.807, 2.05) is 43.0 Å². The van der Waals surface area contributed by atoms with E-state index in [2.05, 4.69) is 15.6 Å². The quantitative estimate of drug-likeness (QED) is 0.573. The number of benzene rings is 1. The summed E-state index contributed by atoms with van der Waals surface area (Å²) in [4.78, 5) is 17.3. The summed E-state index contributed by atoms with van der Waals surface area (Å²) in [7, 11) is 0. The number of hydrogen-bond donors (Lipinski definition) is 2. The summed E-state index contributed by atoms with van der Waals surface area (Å²) < 4.78 is 13.9. The van der Waals surface area contributed by atoms with Gasteiger partial charge in [-0.15, -0.1) is 0 Å². The Morgan fingerprint density at radius 3 is 2.78 bits per heavy atom. The molecular formula is C19H24FN5O2. The van der Waals surface area contributed by atoms with Crippen LogP contribution >= 0.6 is 0 Å². The molecule has 27 heavy (non-hydrogen) atoms. The molecule has 1 aromatic heterocycles. The molecule has 2 N–H and O–H groups in total. The van der Waals surface area contributed by atoms with Gasteiger partial charge in [-0.2, -0.15) is 0 Å². The Hall–Kier alpha value is -2.90. The van der Waals surface area contributed by atoms with E-state index in [0.29, 0.717) is 24.5 Å². The zero-order chi connectivity index (χ0) is 19.4. The zero-order valence-corrected chi connectivity index (χ0v) is 15.5. The fourth-order valence-corrected chi connectivity index (χ4v) is 3.19. The molecule has 0 saturated carbocycles. The lowest BCUT2D eigenvalue weighted by molar-refractivity contribution is -0.384. The van der Waals surface area contributed by atoms with E-state index in [1.54, 1.807) is 6.07 Å². The van der Waals surface area contributed by atoms with Crippen molar-refractivity contribution < 1.29 is 9.31 Å². The van der Waals surface area contributed by atoms with Crippen molar-refractivity contribution in [3.8, 4) is 0 Å². The summed E-state index contributed by atoms with van der Waals surface area (Å²) in [5.41, 5.74) is 1.38. The van der Waals surface area contributed by atoms with Gasteiger partial charge < -0.3 is 15.5 Å². The molecule has 2 heterocycles. The van der Waals surface area contributed by atoms with Crippen LogP contribution in [0.4, 0.5) is 33.1 Å². The Morgan fingerprint density at radius 1 is 1.30 bits per heavy atom. The van der Waals surface area contributed by atoms with E-state index in [4.69, 9.17) is 0 Å². The van der Waals surface area contributed by atoms with Crippen LogP contribution in [0.2, 0.25) is 0 Å². The number of aromatic nitrogens is 1. The van der Waals surface area contributed by atoms with Crippen molar-refractivity contribution in [1.29, 1.82) is 0 Å². The van der Waals surface area contributed by atoms with Gasteiger partial charge in [0.15, 0.2) is 0 Å². The molecule has 0 bridgehead atoms. The van der Waals surface area contributed by atoms with Crippen LogP contribution in [0.5, 0.6) is 0 Å². The van der Waals surface area contributed by atoms with Crippen LogP contribution in [0.3, 0.4) is 0 Å². The second-order valence-corrected chi connectivity index (χ2v) is 6.95. The average molecular weight is 373 g/mol. The third-order valence-electron chi connectivity index (χ3n) is 4.37. The number of rotatable bonds is 6. The Labute approximate surface area is 157 Å². The predicted molar refractivity (Wildman–Crippen MR) is 106 cm³/mol. The zero-order valence-electron chi connectivity index (χ0n) is 15.5. The third kappa shape index (κ3) is 4.64. The molecule has 144 valence electrons. The number of nitro groups is 1. The molecule has 1 unspecified atom stereocenters. The van der Waals surface area contributed by atoms with Crippen LogP contribution in [0.15, 0.2) is 36.4 Å². The van der Waals surface area contributed by atoms with E-state index in [-0.39, 0.29) is 17.5 Å². The number of para-hydroxylation sites is 2. The normalized spacial score (nSPS) is 17.0. The summed E-state index contributed by atoms with van der Waals surface area (Å²) in [6.45, 7) is 5.01. The molecule has 7 nitrogen and oxygen atoms in total. The average Bonchev–Trinajstić information content (AvgIpc) is 2.61. The molecule has 0 aliphatic carbocycles. The first-order valence-electron chi connectivity index (χ1n) is 9.11. The Morgan fingerprint density at radius 2 is 2.07 bits per heavy atom. The number of hydrogen-bond acceptors (Lipinski definition) is 6. The number of alkyl halides is 1. The second kappa shape index (κ2) is 8.20. The van der Waals surface area contributed by atoms with Gasteiger partial charge >= 0.3 is 5.69 Å². The Balaban J connectivity index is 1.93. The third-order valence-corrected chi connectivity index (χ3v) is 4.37. The van der Waals surface area contributed by atoms with Gasteiger partial charge in [-0.05, 0) is 44.9 Å². The molecule has 1 aromatic carbocycles. The molecule has 1 fully saturated rings. The minimum atomic E-state index is -0.863. The number of nitrogens with one attached hydrogen (secondary N) is 2. The molecule has 1 aliphatic heterocycles. The second-order valence-electron chi connectivity index (χ2n) is 6.95.